The van der Waals surface area contributed by atoms with Crippen molar-refractivity contribution in [3.05, 3.63) is 64.8 Å². The number of ether oxygens (including phenoxy) is 5. The van der Waals surface area contributed by atoms with E-state index in [4.69, 9.17) is 23.7 Å². The van der Waals surface area contributed by atoms with Gasteiger partial charge >= 0.3 is 0 Å². The standard InChI is InChI=1S/C48H58N8O10/c1-47(2)45(48(3,4)46(47)66-30-9-8-28(25-49)36(23-30)63-6)51-41(58)34-10-12-38(53-52-34)54-16-14-27(15-17-54)26-55(18-19-62-5)29-20-31(21-29)65-32-22-33-40(37(24-32)64-7)44(61)56(43(33)60)35-11-13-39(57)50-42(35)59/h8-10,12,22-24,27,29,31,35,45-46H,11,13-21,26H2,1-7H3,(H,51,58)(H,50,57,59)/t29?,31?,35-,45?,46?/m1/s1. The highest BCUT2D eigenvalue weighted by atomic mass is 16.5. The number of benzene rings is 2. The van der Waals surface area contributed by atoms with E-state index in [9.17, 15) is 29.2 Å². The van der Waals surface area contributed by atoms with E-state index in [-0.39, 0.29) is 65.6 Å². The van der Waals surface area contributed by atoms with Crippen molar-refractivity contribution >= 4 is 35.4 Å². The topological polar surface area (TPSA) is 215 Å². The molecule has 5 aliphatic rings. The molecule has 4 heterocycles. The molecule has 18 nitrogen and oxygen atoms in total. The van der Waals surface area contributed by atoms with Crippen molar-refractivity contribution in [2.24, 2.45) is 16.7 Å². The maximum atomic E-state index is 13.5. The molecule has 3 aliphatic heterocycles. The molecule has 4 fully saturated rings. The van der Waals surface area contributed by atoms with Crippen LogP contribution in [0.25, 0.3) is 0 Å². The first-order valence-corrected chi connectivity index (χ1v) is 22.5. The van der Waals surface area contributed by atoms with Crippen molar-refractivity contribution in [2.75, 3.05) is 59.0 Å². The van der Waals surface area contributed by atoms with Crippen molar-refractivity contribution in [3.63, 3.8) is 0 Å². The van der Waals surface area contributed by atoms with E-state index < -0.39 is 40.5 Å². The number of carbonyl (C=O) groups excluding carboxylic acids is 5. The van der Waals surface area contributed by atoms with E-state index in [0.717, 1.165) is 62.6 Å². The Hall–Kier alpha value is -6.32. The molecule has 0 radical (unpaired) electrons. The fourth-order valence-corrected chi connectivity index (χ4v) is 10.8. The first-order chi connectivity index (χ1) is 31.6. The highest BCUT2D eigenvalue weighted by Gasteiger charge is 2.64. The van der Waals surface area contributed by atoms with E-state index in [1.54, 1.807) is 43.5 Å². The third-order valence-electron chi connectivity index (χ3n) is 14.1. The second kappa shape index (κ2) is 18.5. The lowest BCUT2D eigenvalue weighted by molar-refractivity contribution is -0.164. The number of carbonyl (C=O) groups is 5. The average Bonchev–Trinajstić information content (AvgIpc) is 3.54. The molecule has 0 spiro atoms. The molecular formula is C48H58N8O10. The summed E-state index contributed by atoms with van der Waals surface area (Å²) in [5, 5.41) is 23.6. The average molecular weight is 907 g/mol. The quantitative estimate of drug-likeness (QED) is 0.193. The monoisotopic (exact) mass is 906 g/mol. The van der Waals surface area contributed by atoms with E-state index in [2.05, 4.69) is 64.4 Å². The van der Waals surface area contributed by atoms with Gasteiger partial charge in [-0.05, 0) is 55.5 Å². The maximum absolute atomic E-state index is 13.5. The van der Waals surface area contributed by atoms with Gasteiger partial charge in [0.15, 0.2) is 11.5 Å². The van der Waals surface area contributed by atoms with Gasteiger partial charge in [0.25, 0.3) is 17.7 Å². The van der Waals surface area contributed by atoms with Crippen LogP contribution in [0.15, 0.2) is 42.5 Å². The van der Waals surface area contributed by atoms with Gasteiger partial charge in [-0.2, -0.15) is 5.26 Å². The Morgan fingerprint density at radius 3 is 2.24 bits per heavy atom. The Bertz CT molecular complexity index is 2410. The van der Waals surface area contributed by atoms with Crippen molar-refractivity contribution in [2.45, 2.75) is 96.6 Å². The van der Waals surface area contributed by atoms with Crippen LogP contribution in [0.3, 0.4) is 0 Å². The van der Waals surface area contributed by atoms with Crippen LogP contribution in [0.4, 0.5) is 5.82 Å². The molecule has 8 rings (SSSR count). The second-order valence-electron chi connectivity index (χ2n) is 19.1. The number of aromatic nitrogens is 2. The Morgan fingerprint density at radius 2 is 1.61 bits per heavy atom. The zero-order valence-corrected chi connectivity index (χ0v) is 38.5. The Morgan fingerprint density at radius 1 is 0.894 bits per heavy atom. The SMILES string of the molecule is COCCN(CC1CCN(c2ccc(C(=O)NC3C(C)(C)C(Oc4ccc(C#N)c(OC)c4)C3(C)C)nn2)CC1)C1CC(Oc2cc(OC)c3c(c2)C(=O)N([C@@H]2CCC(=O)NC2=O)C3=O)C1. The van der Waals surface area contributed by atoms with Crippen molar-refractivity contribution in [1.82, 2.24) is 30.6 Å². The summed E-state index contributed by atoms with van der Waals surface area (Å²) in [5.74, 6) is 0.157. The third kappa shape index (κ3) is 8.73. The fraction of sp³-hybridized carbons (Fsp3) is 0.542. The van der Waals surface area contributed by atoms with Gasteiger partial charge < -0.3 is 33.9 Å². The molecule has 2 aliphatic carbocycles. The highest BCUT2D eigenvalue weighted by Crippen LogP contribution is 2.55. The number of nitrogens with one attached hydrogen (secondary N) is 2. The lowest BCUT2D eigenvalue weighted by atomic mass is 9.49. The molecule has 350 valence electrons. The van der Waals surface area contributed by atoms with Crippen LogP contribution < -0.4 is 34.5 Å². The van der Waals surface area contributed by atoms with E-state index in [1.807, 2.05) is 6.07 Å². The van der Waals surface area contributed by atoms with Crippen molar-refractivity contribution in [3.8, 4) is 29.1 Å². The fourth-order valence-electron chi connectivity index (χ4n) is 10.8. The predicted molar refractivity (Wildman–Crippen MR) is 238 cm³/mol. The van der Waals surface area contributed by atoms with Gasteiger partial charge in [0.1, 0.15) is 47.3 Å². The summed E-state index contributed by atoms with van der Waals surface area (Å²) in [5.41, 5.74) is 0.0310. The molecule has 5 amide bonds. The summed E-state index contributed by atoms with van der Waals surface area (Å²) >= 11 is 0. The number of piperidine rings is 2. The van der Waals surface area contributed by atoms with E-state index >= 15 is 0 Å². The molecule has 0 bridgehead atoms. The van der Waals surface area contributed by atoms with Crippen LogP contribution in [0.1, 0.15) is 103 Å². The molecule has 2 N–H and O–H groups in total. The second-order valence-corrected chi connectivity index (χ2v) is 19.1. The number of amides is 5. The van der Waals surface area contributed by atoms with Gasteiger partial charge in [-0.3, -0.25) is 39.1 Å². The number of rotatable bonds is 16. The van der Waals surface area contributed by atoms with Crippen molar-refractivity contribution < 1.29 is 47.7 Å². The molecular weight excluding hydrogens is 849 g/mol. The minimum Gasteiger partial charge on any atom is -0.496 e. The number of imide groups is 2. The minimum atomic E-state index is -1.08. The maximum Gasteiger partial charge on any atom is 0.272 e. The molecule has 2 aromatic carbocycles. The van der Waals surface area contributed by atoms with Gasteiger partial charge in [0, 0.05) is 87.6 Å². The summed E-state index contributed by atoms with van der Waals surface area (Å²) in [7, 11) is 4.63. The zero-order valence-electron chi connectivity index (χ0n) is 38.5. The molecule has 66 heavy (non-hydrogen) atoms. The first-order valence-electron chi connectivity index (χ1n) is 22.5. The van der Waals surface area contributed by atoms with Crippen molar-refractivity contribution in [1.29, 1.82) is 5.26 Å². The van der Waals surface area contributed by atoms with Gasteiger partial charge in [0.2, 0.25) is 11.8 Å². The third-order valence-corrected chi connectivity index (χ3v) is 14.1. The number of hydrogen-bond donors (Lipinski definition) is 2. The molecule has 0 unspecified atom stereocenters. The number of hydrogen-bond acceptors (Lipinski definition) is 15. The molecule has 1 aromatic heterocycles. The summed E-state index contributed by atoms with van der Waals surface area (Å²) in [6, 6.07) is 13.0. The van der Waals surface area contributed by atoms with Crippen LogP contribution >= 0.6 is 0 Å². The summed E-state index contributed by atoms with van der Waals surface area (Å²) < 4.78 is 29.2. The van der Waals surface area contributed by atoms with Crippen LogP contribution in [0.5, 0.6) is 23.0 Å². The smallest absolute Gasteiger partial charge is 0.272 e. The molecule has 1 atom stereocenters. The summed E-state index contributed by atoms with van der Waals surface area (Å²) in [6.07, 6.45) is 3.21. The van der Waals surface area contributed by atoms with Gasteiger partial charge in [0.05, 0.1) is 37.5 Å². The molecule has 2 saturated heterocycles. The minimum absolute atomic E-state index is 0.0328. The van der Waals surface area contributed by atoms with Crippen LogP contribution in [-0.4, -0.2) is 134 Å². The zero-order chi connectivity index (χ0) is 47.1. The number of anilines is 1. The highest BCUT2D eigenvalue weighted by molar-refractivity contribution is 6.24. The Kier molecular flexibility index (Phi) is 13.0. The number of fused-ring (bicyclic) bond motifs is 1. The molecule has 2 saturated carbocycles. The lowest BCUT2D eigenvalue weighted by Gasteiger charge is -2.63. The number of nitriles is 1. The van der Waals surface area contributed by atoms with E-state index in [1.165, 1.54) is 14.2 Å². The summed E-state index contributed by atoms with van der Waals surface area (Å²) in [4.78, 5) is 70.4. The normalized spacial score (nSPS) is 24.4. The summed E-state index contributed by atoms with van der Waals surface area (Å²) in [6.45, 7) is 12.1. The van der Waals surface area contributed by atoms with Gasteiger partial charge in [-0.25, -0.2) is 0 Å². The number of nitrogens with zero attached hydrogens (tertiary/aromatic N) is 6. The first kappa shape index (κ1) is 46.2. The van der Waals surface area contributed by atoms with Crippen LogP contribution in [-0.2, 0) is 14.3 Å². The molecule has 18 heteroatoms. The predicted octanol–water partition coefficient (Wildman–Crippen LogP) is 4.15. The number of methoxy groups -OCH3 is 3. The van der Waals surface area contributed by atoms with Crippen LogP contribution in [0, 0.1) is 28.1 Å². The Balaban J connectivity index is 0.817. The van der Waals surface area contributed by atoms with Gasteiger partial charge in [-0.1, -0.05) is 27.7 Å². The lowest BCUT2D eigenvalue weighted by Crippen LogP contribution is -2.74. The largest absolute Gasteiger partial charge is 0.496 e. The molecule has 3 aromatic rings. The van der Waals surface area contributed by atoms with E-state index in [0.29, 0.717) is 35.3 Å². The van der Waals surface area contributed by atoms with Gasteiger partial charge in [-0.15, -0.1) is 10.2 Å². The van der Waals surface area contributed by atoms with Crippen LogP contribution in [0.2, 0.25) is 0 Å². The Labute approximate surface area is 384 Å².